The van der Waals surface area contributed by atoms with E-state index in [4.69, 9.17) is 14.6 Å². The minimum Gasteiger partial charge on any atom is -0.508 e. The summed E-state index contributed by atoms with van der Waals surface area (Å²) in [4.78, 5) is 0. The van der Waals surface area contributed by atoms with E-state index in [9.17, 15) is 0 Å². The molecule has 1 aromatic carbocycles. The van der Waals surface area contributed by atoms with E-state index in [1.165, 1.54) is 0 Å². The number of benzene rings is 1. The lowest BCUT2D eigenvalue weighted by atomic mass is 10.1. The topological polar surface area (TPSA) is 38.7 Å². The summed E-state index contributed by atoms with van der Waals surface area (Å²) in [6.45, 7) is 2.57. The Balaban J connectivity index is 2.53. The molecule has 1 rings (SSSR count). The van der Waals surface area contributed by atoms with Crippen LogP contribution in [0.3, 0.4) is 0 Å². The van der Waals surface area contributed by atoms with Crippen molar-refractivity contribution in [3.63, 3.8) is 0 Å². The first-order valence-corrected chi connectivity index (χ1v) is 4.68. The number of phenols is 1. The van der Waals surface area contributed by atoms with Crippen LogP contribution in [0.2, 0.25) is 0 Å². The average molecular weight is 196 g/mol. The molecule has 0 saturated carbocycles. The van der Waals surface area contributed by atoms with Crippen molar-refractivity contribution in [3.8, 4) is 5.75 Å². The molecule has 14 heavy (non-hydrogen) atoms. The summed E-state index contributed by atoms with van der Waals surface area (Å²) in [5.74, 6) is 0.277. The molecule has 0 heterocycles. The summed E-state index contributed by atoms with van der Waals surface area (Å²) in [5, 5.41) is 9.09. The van der Waals surface area contributed by atoms with Gasteiger partial charge in [0.15, 0.2) is 6.29 Å². The Bertz CT molecular complexity index is 256. The van der Waals surface area contributed by atoms with E-state index in [0.717, 1.165) is 5.56 Å². The van der Waals surface area contributed by atoms with Gasteiger partial charge in [-0.3, -0.25) is 0 Å². The van der Waals surface area contributed by atoms with Crippen LogP contribution >= 0.6 is 0 Å². The molecule has 0 aliphatic carbocycles. The van der Waals surface area contributed by atoms with Crippen molar-refractivity contribution in [1.82, 2.24) is 0 Å². The van der Waals surface area contributed by atoms with Gasteiger partial charge in [-0.25, -0.2) is 0 Å². The molecule has 0 amide bonds. The van der Waals surface area contributed by atoms with Crippen LogP contribution < -0.4 is 0 Å². The molecule has 0 aromatic heterocycles. The monoisotopic (exact) mass is 196 g/mol. The van der Waals surface area contributed by atoms with E-state index in [1.54, 1.807) is 19.2 Å². The fourth-order valence-corrected chi connectivity index (χ4v) is 1.22. The molecule has 0 aliphatic heterocycles. The molecule has 78 valence electrons. The van der Waals surface area contributed by atoms with Crippen molar-refractivity contribution in [2.24, 2.45) is 0 Å². The fraction of sp³-hybridized carbons (Fsp3) is 0.455. The lowest BCUT2D eigenvalue weighted by molar-refractivity contribution is -0.118. The van der Waals surface area contributed by atoms with E-state index >= 15 is 0 Å². The zero-order chi connectivity index (χ0) is 10.4. The third-order valence-electron chi connectivity index (χ3n) is 1.95. The van der Waals surface area contributed by atoms with Gasteiger partial charge in [0.05, 0.1) is 0 Å². The maximum atomic E-state index is 9.09. The van der Waals surface area contributed by atoms with E-state index in [2.05, 4.69) is 0 Å². The van der Waals surface area contributed by atoms with Gasteiger partial charge in [0.25, 0.3) is 0 Å². The van der Waals surface area contributed by atoms with Gasteiger partial charge >= 0.3 is 0 Å². The highest BCUT2D eigenvalue weighted by Crippen LogP contribution is 2.12. The van der Waals surface area contributed by atoms with Gasteiger partial charge in [0, 0.05) is 20.1 Å². The number of phenolic OH excluding ortho intramolecular Hbond substituents is 1. The van der Waals surface area contributed by atoms with Crippen LogP contribution in [0.25, 0.3) is 0 Å². The maximum absolute atomic E-state index is 9.09. The highest BCUT2D eigenvalue weighted by atomic mass is 16.7. The van der Waals surface area contributed by atoms with Crippen molar-refractivity contribution in [1.29, 1.82) is 0 Å². The molecule has 0 aliphatic rings. The van der Waals surface area contributed by atoms with Gasteiger partial charge in [0.2, 0.25) is 0 Å². The predicted octanol–water partition coefficient (Wildman–Crippen LogP) is 1.94. The van der Waals surface area contributed by atoms with Crippen LogP contribution in [0.5, 0.6) is 5.75 Å². The fourth-order valence-electron chi connectivity index (χ4n) is 1.22. The summed E-state index contributed by atoms with van der Waals surface area (Å²) in [7, 11) is 1.63. The lowest BCUT2D eigenvalue weighted by Crippen LogP contribution is -2.18. The molecule has 3 heteroatoms. The number of hydrogen-bond donors (Lipinski definition) is 1. The third kappa shape index (κ3) is 3.36. The predicted molar refractivity (Wildman–Crippen MR) is 54.2 cm³/mol. The highest BCUT2D eigenvalue weighted by Gasteiger charge is 2.07. The van der Waals surface area contributed by atoms with Gasteiger partial charge in [-0.05, 0) is 24.6 Å². The van der Waals surface area contributed by atoms with Crippen LogP contribution in [0, 0.1) is 0 Å². The van der Waals surface area contributed by atoms with E-state index < -0.39 is 0 Å². The van der Waals surface area contributed by atoms with Crippen molar-refractivity contribution < 1.29 is 14.6 Å². The Kier molecular flexibility index (Phi) is 4.43. The summed E-state index contributed by atoms with van der Waals surface area (Å²) in [6, 6.07) is 7.04. The Morgan fingerprint density at radius 3 is 2.43 bits per heavy atom. The van der Waals surface area contributed by atoms with Crippen molar-refractivity contribution in [3.05, 3.63) is 29.8 Å². The van der Waals surface area contributed by atoms with Gasteiger partial charge in [-0.15, -0.1) is 0 Å². The first-order chi connectivity index (χ1) is 6.76. The van der Waals surface area contributed by atoms with Crippen LogP contribution in [0.4, 0.5) is 0 Å². The Morgan fingerprint density at radius 2 is 1.93 bits per heavy atom. The lowest BCUT2D eigenvalue weighted by Gasteiger charge is -2.14. The van der Waals surface area contributed by atoms with Gasteiger partial charge in [-0.2, -0.15) is 0 Å². The largest absolute Gasteiger partial charge is 0.508 e. The summed E-state index contributed by atoms with van der Waals surface area (Å²) in [5.41, 5.74) is 1.09. The van der Waals surface area contributed by atoms with Crippen molar-refractivity contribution >= 4 is 0 Å². The van der Waals surface area contributed by atoms with E-state index in [1.807, 2.05) is 19.1 Å². The molecule has 1 N–H and O–H groups in total. The van der Waals surface area contributed by atoms with Crippen molar-refractivity contribution in [2.45, 2.75) is 19.6 Å². The average Bonchev–Trinajstić information content (AvgIpc) is 2.20. The molecular formula is C11H16O3. The van der Waals surface area contributed by atoms with Crippen LogP contribution in [0.15, 0.2) is 24.3 Å². The van der Waals surface area contributed by atoms with Crippen LogP contribution in [-0.4, -0.2) is 25.1 Å². The number of hydrogen-bond acceptors (Lipinski definition) is 3. The standard InChI is InChI=1S/C11H16O3/c1-3-14-11(13-2)8-9-4-6-10(12)7-5-9/h4-7,11-12H,3,8H2,1-2H3/t11-/m0/s1. The minimum atomic E-state index is -0.204. The third-order valence-corrected chi connectivity index (χ3v) is 1.95. The zero-order valence-corrected chi connectivity index (χ0v) is 8.56. The normalized spacial score (nSPS) is 12.7. The maximum Gasteiger partial charge on any atom is 0.161 e. The second-order valence-corrected chi connectivity index (χ2v) is 2.99. The molecule has 1 atom stereocenters. The van der Waals surface area contributed by atoms with Gasteiger partial charge in [-0.1, -0.05) is 12.1 Å². The molecule has 0 spiro atoms. The van der Waals surface area contributed by atoms with E-state index in [0.29, 0.717) is 13.0 Å². The Morgan fingerprint density at radius 1 is 1.29 bits per heavy atom. The molecular weight excluding hydrogens is 180 g/mol. The van der Waals surface area contributed by atoms with Crippen molar-refractivity contribution in [2.75, 3.05) is 13.7 Å². The summed E-state index contributed by atoms with van der Waals surface area (Å²) >= 11 is 0. The van der Waals surface area contributed by atoms with Crippen LogP contribution in [-0.2, 0) is 15.9 Å². The van der Waals surface area contributed by atoms with Crippen LogP contribution in [0.1, 0.15) is 12.5 Å². The summed E-state index contributed by atoms with van der Waals surface area (Å²) in [6.07, 6.45) is 0.495. The molecule has 3 nitrogen and oxygen atoms in total. The Labute approximate surface area is 84.3 Å². The van der Waals surface area contributed by atoms with Gasteiger partial charge in [0.1, 0.15) is 5.75 Å². The second-order valence-electron chi connectivity index (χ2n) is 2.99. The molecule has 0 fully saturated rings. The first-order valence-electron chi connectivity index (χ1n) is 4.68. The second kappa shape index (κ2) is 5.62. The minimum absolute atomic E-state index is 0.204. The number of aromatic hydroxyl groups is 1. The highest BCUT2D eigenvalue weighted by molar-refractivity contribution is 5.26. The smallest absolute Gasteiger partial charge is 0.161 e. The zero-order valence-electron chi connectivity index (χ0n) is 8.56. The molecule has 0 saturated heterocycles. The Hall–Kier alpha value is -1.06. The molecule has 1 aromatic rings. The molecule has 0 bridgehead atoms. The van der Waals surface area contributed by atoms with Gasteiger partial charge < -0.3 is 14.6 Å². The molecule has 0 radical (unpaired) electrons. The number of methoxy groups -OCH3 is 1. The van der Waals surface area contributed by atoms with E-state index in [-0.39, 0.29) is 12.0 Å². The SMILES string of the molecule is CCO[C@@H](Cc1ccc(O)cc1)OC. The molecule has 0 unspecified atom stereocenters. The number of rotatable bonds is 5. The number of ether oxygens (including phenoxy) is 2. The summed E-state index contributed by atoms with van der Waals surface area (Å²) < 4.78 is 10.5. The quantitative estimate of drug-likeness (QED) is 0.731. The first kappa shape index (κ1) is 11.0.